The lowest BCUT2D eigenvalue weighted by Crippen LogP contribution is -2.47. The van der Waals surface area contributed by atoms with Gasteiger partial charge in [0.2, 0.25) is 5.91 Å². The van der Waals surface area contributed by atoms with Gasteiger partial charge in [0, 0.05) is 26.2 Å². The lowest BCUT2D eigenvalue weighted by Gasteiger charge is -2.25. The van der Waals surface area contributed by atoms with Crippen LogP contribution in [0.4, 0.5) is 4.39 Å². The summed E-state index contributed by atoms with van der Waals surface area (Å²) in [5, 5.41) is 6.49. The molecule has 0 unspecified atom stereocenters. The Bertz CT molecular complexity index is 634. The topological polar surface area (TPSA) is 66.0 Å². The highest BCUT2D eigenvalue weighted by Gasteiger charge is 2.15. The largest absolute Gasteiger partial charge is 0.497 e. The summed E-state index contributed by atoms with van der Waals surface area (Å²) in [5.74, 6) is 0.658. The number of nitrogens with zero attached hydrogens (tertiary/aromatic N) is 2. The van der Waals surface area contributed by atoms with Gasteiger partial charge in [0.05, 0.1) is 20.2 Å². The van der Waals surface area contributed by atoms with Gasteiger partial charge in [0.25, 0.3) is 0 Å². The molecule has 152 valence electrons. The number of benzene rings is 1. The first-order valence-corrected chi connectivity index (χ1v) is 9.06. The van der Waals surface area contributed by atoms with Crippen LogP contribution < -0.4 is 15.4 Å². The Hall–Kier alpha value is -1.58. The van der Waals surface area contributed by atoms with Gasteiger partial charge in [-0.25, -0.2) is 9.38 Å². The molecule has 1 aromatic carbocycles. The van der Waals surface area contributed by atoms with Crippen molar-refractivity contribution in [3.05, 3.63) is 29.6 Å². The summed E-state index contributed by atoms with van der Waals surface area (Å²) >= 11 is 0. The molecule has 27 heavy (non-hydrogen) atoms. The summed E-state index contributed by atoms with van der Waals surface area (Å²) < 4.78 is 18.7. The number of guanidine groups is 1. The van der Waals surface area contributed by atoms with Gasteiger partial charge in [-0.05, 0) is 30.5 Å². The lowest BCUT2D eigenvalue weighted by molar-refractivity contribution is -0.127. The Morgan fingerprint density at radius 2 is 1.96 bits per heavy atom. The first kappa shape index (κ1) is 23.5. The van der Waals surface area contributed by atoms with Crippen LogP contribution in [0.2, 0.25) is 0 Å². The average molecular weight is 492 g/mol. The Kier molecular flexibility index (Phi) is 10.4. The highest BCUT2D eigenvalue weighted by molar-refractivity contribution is 14.0. The van der Waals surface area contributed by atoms with Crippen molar-refractivity contribution in [1.29, 1.82) is 0 Å². The molecule has 0 spiro atoms. The second-order valence-corrected chi connectivity index (χ2v) is 6.79. The van der Waals surface area contributed by atoms with E-state index >= 15 is 0 Å². The molecule has 0 aliphatic heterocycles. The zero-order valence-electron chi connectivity index (χ0n) is 16.3. The minimum Gasteiger partial charge on any atom is -0.497 e. The normalized spacial score (nSPS) is 14.9. The van der Waals surface area contributed by atoms with Crippen molar-refractivity contribution < 1.29 is 13.9 Å². The van der Waals surface area contributed by atoms with Gasteiger partial charge in [-0.1, -0.05) is 19.3 Å². The zero-order chi connectivity index (χ0) is 18.9. The van der Waals surface area contributed by atoms with Crippen molar-refractivity contribution in [1.82, 2.24) is 15.5 Å². The Balaban J connectivity index is 0.00000364. The number of aliphatic imine (C=N–C) groups is 1. The molecule has 1 aromatic rings. The number of hydrogen-bond acceptors (Lipinski definition) is 3. The molecule has 0 radical (unpaired) electrons. The molecule has 1 saturated carbocycles. The van der Waals surface area contributed by atoms with Crippen molar-refractivity contribution in [2.24, 2.45) is 4.99 Å². The number of hydrogen-bond donors (Lipinski definition) is 2. The second-order valence-electron chi connectivity index (χ2n) is 6.79. The quantitative estimate of drug-likeness (QED) is 0.364. The van der Waals surface area contributed by atoms with E-state index in [-0.39, 0.29) is 42.2 Å². The van der Waals surface area contributed by atoms with Crippen LogP contribution in [-0.2, 0) is 11.3 Å². The van der Waals surface area contributed by atoms with Crippen molar-refractivity contribution in [3.8, 4) is 5.75 Å². The minimum absolute atomic E-state index is 0. The smallest absolute Gasteiger partial charge is 0.241 e. The van der Waals surface area contributed by atoms with Crippen LogP contribution in [0.15, 0.2) is 23.2 Å². The number of halogens is 2. The molecule has 0 aromatic heterocycles. The van der Waals surface area contributed by atoms with E-state index < -0.39 is 0 Å². The number of ether oxygens (including phenoxy) is 1. The molecule has 6 nitrogen and oxygen atoms in total. The van der Waals surface area contributed by atoms with Crippen LogP contribution in [0.3, 0.4) is 0 Å². The molecular formula is C19H30FIN4O2. The van der Waals surface area contributed by atoms with Crippen LogP contribution in [0.1, 0.15) is 37.7 Å². The fraction of sp³-hybridized carbons (Fsp3) is 0.579. The Labute approximate surface area is 178 Å². The van der Waals surface area contributed by atoms with Crippen LogP contribution in [0.25, 0.3) is 0 Å². The number of carbonyl (C=O) groups is 1. The van der Waals surface area contributed by atoms with Crippen molar-refractivity contribution in [3.63, 3.8) is 0 Å². The number of methoxy groups -OCH3 is 1. The van der Waals surface area contributed by atoms with Gasteiger partial charge < -0.3 is 20.3 Å². The van der Waals surface area contributed by atoms with Gasteiger partial charge in [-0.3, -0.25) is 4.79 Å². The Morgan fingerprint density at radius 1 is 1.26 bits per heavy atom. The van der Waals surface area contributed by atoms with E-state index in [1.807, 2.05) is 0 Å². The van der Waals surface area contributed by atoms with E-state index in [0.717, 1.165) is 12.8 Å². The molecule has 1 aliphatic carbocycles. The number of likely N-dealkylation sites (N-methyl/N-ethyl adjacent to an activating group) is 1. The van der Waals surface area contributed by atoms with Crippen LogP contribution in [-0.4, -0.2) is 50.6 Å². The molecule has 1 aliphatic rings. The standard InChI is InChI=1S/C19H29FN4O2.HI/c1-24(2)18(25)13-22-19(23-16-7-5-4-6-8-16)21-12-14-9-15(20)11-17(10-14)26-3;/h9-11,16H,4-8,12-13H2,1-3H3,(H2,21,22,23);1H. The van der Waals surface area contributed by atoms with Gasteiger partial charge in [0.1, 0.15) is 11.6 Å². The van der Waals surface area contributed by atoms with Gasteiger partial charge in [0.15, 0.2) is 5.96 Å². The zero-order valence-corrected chi connectivity index (χ0v) is 18.6. The van der Waals surface area contributed by atoms with Gasteiger partial charge in [-0.15, -0.1) is 24.0 Å². The molecule has 0 saturated heterocycles. The highest BCUT2D eigenvalue weighted by Crippen LogP contribution is 2.18. The average Bonchev–Trinajstić information content (AvgIpc) is 2.63. The summed E-state index contributed by atoms with van der Waals surface area (Å²) in [6, 6.07) is 4.89. The highest BCUT2D eigenvalue weighted by atomic mass is 127. The molecule has 2 rings (SSSR count). The maximum absolute atomic E-state index is 13.6. The maximum Gasteiger partial charge on any atom is 0.241 e. The summed E-state index contributed by atoms with van der Waals surface area (Å²) in [4.78, 5) is 17.9. The van der Waals surface area contributed by atoms with Crippen molar-refractivity contribution in [2.75, 3.05) is 27.7 Å². The third-order valence-corrected chi connectivity index (χ3v) is 4.44. The number of rotatable bonds is 6. The number of carbonyl (C=O) groups excluding carboxylic acids is 1. The second kappa shape index (κ2) is 12.0. The molecule has 0 atom stereocenters. The number of amides is 1. The van der Waals surface area contributed by atoms with E-state index in [0.29, 0.717) is 29.9 Å². The first-order chi connectivity index (χ1) is 12.5. The molecule has 0 heterocycles. The SMILES string of the molecule is COc1cc(F)cc(CN=C(NCC(=O)N(C)C)NC2CCCCC2)c1.I. The summed E-state index contributed by atoms with van der Waals surface area (Å²) in [5.41, 5.74) is 0.713. The Morgan fingerprint density at radius 3 is 2.59 bits per heavy atom. The van der Waals surface area contributed by atoms with Gasteiger partial charge in [-0.2, -0.15) is 0 Å². The number of nitrogens with one attached hydrogen (secondary N) is 2. The summed E-state index contributed by atoms with van der Waals surface area (Å²) in [6.45, 7) is 0.463. The molecule has 2 N–H and O–H groups in total. The lowest BCUT2D eigenvalue weighted by atomic mass is 9.96. The van der Waals surface area contributed by atoms with Crippen LogP contribution >= 0.6 is 24.0 Å². The first-order valence-electron chi connectivity index (χ1n) is 9.06. The summed E-state index contributed by atoms with van der Waals surface area (Å²) in [6.07, 6.45) is 5.85. The third-order valence-electron chi connectivity index (χ3n) is 4.44. The molecule has 0 bridgehead atoms. The van der Waals surface area contributed by atoms with Crippen molar-refractivity contribution >= 4 is 35.8 Å². The van der Waals surface area contributed by atoms with Gasteiger partial charge >= 0.3 is 0 Å². The molecule has 1 amide bonds. The third kappa shape index (κ3) is 8.32. The predicted octanol–water partition coefficient (Wildman–Crippen LogP) is 2.91. The minimum atomic E-state index is -0.355. The maximum atomic E-state index is 13.6. The van der Waals surface area contributed by atoms with E-state index in [9.17, 15) is 9.18 Å². The van der Waals surface area contributed by atoms with Crippen LogP contribution in [0, 0.1) is 5.82 Å². The summed E-state index contributed by atoms with van der Waals surface area (Å²) in [7, 11) is 4.94. The fourth-order valence-electron chi connectivity index (χ4n) is 2.91. The molecular weight excluding hydrogens is 462 g/mol. The predicted molar refractivity (Wildman–Crippen MR) is 116 cm³/mol. The van der Waals surface area contributed by atoms with E-state index in [2.05, 4.69) is 15.6 Å². The van der Waals surface area contributed by atoms with Crippen molar-refractivity contribution in [2.45, 2.75) is 44.7 Å². The monoisotopic (exact) mass is 492 g/mol. The molecule has 8 heteroatoms. The van der Waals surface area contributed by atoms with E-state index in [1.165, 1.54) is 43.4 Å². The van der Waals surface area contributed by atoms with Crippen LogP contribution in [0.5, 0.6) is 5.75 Å². The molecule has 1 fully saturated rings. The van der Waals surface area contributed by atoms with E-state index in [1.54, 1.807) is 20.2 Å². The van der Waals surface area contributed by atoms with E-state index in [4.69, 9.17) is 4.74 Å². The fourth-order valence-corrected chi connectivity index (χ4v) is 2.91.